The Hall–Kier alpha value is -0.940. The standard InChI is InChI=1S/C13H11BrF2OS/c1-7-5-18-6-9(7)13(14)12-10(15)3-8(17-2)4-11(12)16/h3-6,13H,1-2H3. The molecule has 2 aromatic rings. The van der Waals surface area contributed by atoms with Crippen LogP contribution in [0, 0.1) is 18.6 Å². The zero-order chi connectivity index (χ0) is 13.3. The number of benzene rings is 1. The molecule has 0 saturated carbocycles. The Morgan fingerprint density at radius 3 is 2.28 bits per heavy atom. The summed E-state index contributed by atoms with van der Waals surface area (Å²) in [6.45, 7) is 1.92. The molecule has 0 aliphatic heterocycles. The summed E-state index contributed by atoms with van der Waals surface area (Å²) in [5.41, 5.74) is 1.90. The van der Waals surface area contributed by atoms with E-state index in [1.54, 1.807) is 0 Å². The zero-order valence-electron chi connectivity index (χ0n) is 9.84. The largest absolute Gasteiger partial charge is 0.497 e. The van der Waals surface area contributed by atoms with Crippen LogP contribution in [-0.2, 0) is 0 Å². The van der Waals surface area contributed by atoms with E-state index in [1.165, 1.54) is 30.6 Å². The summed E-state index contributed by atoms with van der Waals surface area (Å²) in [5.74, 6) is -1.05. The molecule has 1 heterocycles. The molecule has 5 heteroatoms. The lowest BCUT2D eigenvalue weighted by Gasteiger charge is -2.13. The van der Waals surface area contributed by atoms with E-state index in [0.29, 0.717) is 0 Å². The first kappa shape index (κ1) is 13.5. The van der Waals surface area contributed by atoms with Crippen LogP contribution in [0.25, 0.3) is 0 Å². The Balaban J connectivity index is 2.48. The third-order valence-corrected chi connectivity index (χ3v) is 4.54. The molecule has 2 rings (SSSR count). The van der Waals surface area contributed by atoms with Crippen LogP contribution in [0.15, 0.2) is 22.9 Å². The fourth-order valence-electron chi connectivity index (χ4n) is 1.71. The van der Waals surface area contributed by atoms with Gasteiger partial charge in [-0.15, -0.1) is 0 Å². The van der Waals surface area contributed by atoms with Gasteiger partial charge in [-0.1, -0.05) is 15.9 Å². The molecule has 0 amide bonds. The van der Waals surface area contributed by atoms with E-state index < -0.39 is 16.5 Å². The first-order chi connectivity index (χ1) is 8.54. The molecule has 0 fully saturated rings. The van der Waals surface area contributed by atoms with Crippen molar-refractivity contribution in [2.45, 2.75) is 11.8 Å². The van der Waals surface area contributed by atoms with Gasteiger partial charge in [0.25, 0.3) is 0 Å². The molecule has 0 saturated heterocycles. The van der Waals surface area contributed by atoms with E-state index in [-0.39, 0.29) is 11.3 Å². The SMILES string of the molecule is COc1cc(F)c(C(Br)c2cscc2C)c(F)c1. The molecule has 18 heavy (non-hydrogen) atoms. The van der Waals surface area contributed by atoms with Gasteiger partial charge in [0.2, 0.25) is 0 Å². The average Bonchev–Trinajstić information content (AvgIpc) is 2.74. The number of alkyl halides is 1. The molecule has 1 aromatic heterocycles. The lowest BCUT2D eigenvalue weighted by atomic mass is 10.0. The fourth-order valence-corrected chi connectivity index (χ4v) is 3.69. The Kier molecular flexibility index (Phi) is 4.02. The van der Waals surface area contributed by atoms with Gasteiger partial charge in [0.1, 0.15) is 17.4 Å². The van der Waals surface area contributed by atoms with E-state index in [1.807, 2.05) is 17.7 Å². The monoisotopic (exact) mass is 332 g/mol. The molecule has 1 atom stereocenters. The van der Waals surface area contributed by atoms with E-state index in [4.69, 9.17) is 4.74 Å². The van der Waals surface area contributed by atoms with Crippen LogP contribution in [0.5, 0.6) is 5.75 Å². The second-order valence-electron chi connectivity index (χ2n) is 3.88. The molecule has 0 radical (unpaired) electrons. The van der Waals surface area contributed by atoms with Gasteiger partial charge in [0, 0.05) is 17.7 Å². The summed E-state index contributed by atoms with van der Waals surface area (Å²) in [6, 6.07) is 2.38. The predicted octanol–water partition coefficient (Wildman–Crippen LogP) is 4.83. The van der Waals surface area contributed by atoms with Crippen LogP contribution in [0.1, 0.15) is 21.5 Å². The van der Waals surface area contributed by atoms with Crippen molar-refractivity contribution >= 4 is 27.3 Å². The Labute approximate surface area is 117 Å². The summed E-state index contributed by atoms with van der Waals surface area (Å²) in [6.07, 6.45) is 0. The maximum atomic E-state index is 13.9. The fraction of sp³-hybridized carbons (Fsp3) is 0.231. The van der Waals surface area contributed by atoms with Crippen LogP contribution in [0.3, 0.4) is 0 Å². The lowest BCUT2D eigenvalue weighted by Crippen LogP contribution is -2.02. The molecule has 0 bridgehead atoms. The number of halogens is 3. The van der Waals surface area contributed by atoms with Crippen LogP contribution >= 0.6 is 27.3 Å². The summed E-state index contributed by atoms with van der Waals surface area (Å²) < 4.78 is 32.7. The average molecular weight is 333 g/mol. The number of methoxy groups -OCH3 is 1. The number of aryl methyl sites for hydroxylation is 1. The topological polar surface area (TPSA) is 9.23 Å². The van der Waals surface area contributed by atoms with Crippen molar-refractivity contribution in [1.29, 1.82) is 0 Å². The maximum absolute atomic E-state index is 13.9. The van der Waals surface area contributed by atoms with Gasteiger partial charge in [-0.2, -0.15) is 11.3 Å². The van der Waals surface area contributed by atoms with Gasteiger partial charge in [0.05, 0.1) is 11.9 Å². The molecular formula is C13H11BrF2OS. The van der Waals surface area contributed by atoms with Gasteiger partial charge >= 0.3 is 0 Å². The second kappa shape index (κ2) is 5.36. The van der Waals surface area contributed by atoms with Crippen molar-refractivity contribution in [2.24, 2.45) is 0 Å². The molecule has 0 N–H and O–H groups in total. The first-order valence-electron chi connectivity index (χ1n) is 5.24. The highest BCUT2D eigenvalue weighted by Gasteiger charge is 2.22. The van der Waals surface area contributed by atoms with Gasteiger partial charge in [-0.3, -0.25) is 0 Å². The Morgan fingerprint density at radius 1 is 1.22 bits per heavy atom. The van der Waals surface area contributed by atoms with Crippen LogP contribution < -0.4 is 4.74 Å². The zero-order valence-corrected chi connectivity index (χ0v) is 12.2. The molecule has 1 unspecified atom stereocenters. The van der Waals surface area contributed by atoms with Crippen molar-refractivity contribution in [3.8, 4) is 5.75 Å². The molecule has 0 aliphatic carbocycles. The number of rotatable bonds is 3. The Morgan fingerprint density at radius 2 is 1.83 bits per heavy atom. The third kappa shape index (κ3) is 2.42. The van der Waals surface area contributed by atoms with Crippen molar-refractivity contribution in [3.05, 3.63) is 51.2 Å². The summed E-state index contributed by atoms with van der Waals surface area (Å²) >= 11 is 4.87. The van der Waals surface area contributed by atoms with Crippen molar-refractivity contribution in [3.63, 3.8) is 0 Å². The number of ether oxygens (including phenoxy) is 1. The maximum Gasteiger partial charge on any atom is 0.134 e. The van der Waals surface area contributed by atoms with E-state index in [9.17, 15) is 8.78 Å². The molecule has 1 aromatic carbocycles. The minimum atomic E-state index is -0.612. The molecular weight excluding hydrogens is 322 g/mol. The van der Waals surface area contributed by atoms with Crippen LogP contribution in [0.2, 0.25) is 0 Å². The highest BCUT2D eigenvalue weighted by atomic mass is 79.9. The summed E-state index contributed by atoms with van der Waals surface area (Å²) in [7, 11) is 1.38. The van der Waals surface area contributed by atoms with E-state index in [0.717, 1.165) is 11.1 Å². The molecule has 96 valence electrons. The lowest BCUT2D eigenvalue weighted by molar-refractivity contribution is 0.405. The van der Waals surface area contributed by atoms with Crippen LogP contribution in [-0.4, -0.2) is 7.11 Å². The van der Waals surface area contributed by atoms with Gasteiger partial charge < -0.3 is 4.74 Å². The van der Waals surface area contributed by atoms with Crippen molar-refractivity contribution < 1.29 is 13.5 Å². The van der Waals surface area contributed by atoms with Gasteiger partial charge in [-0.25, -0.2) is 8.78 Å². The summed E-state index contributed by atoms with van der Waals surface area (Å²) in [4.78, 5) is -0.491. The molecule has 0 spiro atoms. The van der Waals surface area contributed by atoms with E-state index >= 15 is 0 Å². The Bertz CT molecular complexity index is 545. The summed E-state index contributed by atoms with van der Waals surface area (Å²) in [5, 5.41) is 3.83. The predicted molar refractivity (Wildman–Crippen MR) is 72.7 cm³/mol. The highest BCUT2D eigenvalue weighted by Crippen LogP contribution is 2.38. The van der Waals surface area contributed by atoms with Crippen LogP contribution in [0.4, 0.5) is 8.78 Å². The minimum Gasteiger partial charge on any atom is -0.497 e. The highest BCUT2D eigenvalue weighted by molar-refractivity contribution is 9.09. The number of thiophene rings is 1. The third-order valence-electron chi connectivity index (χ3n) is 2.71. The first-order valence-corrected chi connectivity index (χ1v) is 7.10. The van der Waals surface area contributed by atoms with E-state index in [2.05, 4.69) is 15.9 Å². The normalized spacial score (nSPS) is 12.5. The van der Waals surface area contributed by atoms with Gasteiger partial charge in [0.15, 0.2) is 0 Å². The van der Waals surface area contributed by atoms with Crippen molar-refractivity contribution in [1.82, 2.24) is 0 Å². The quantitative estimate of drug-likeness (QED) is 0.731. The second-order valence-corrected chi connectivity index (χ2v) is 5.54. The minimum absolute atomic E-state index is 0.0114. The smallest absolute Gasteiger partial charge is 0.134 e. The molecule has 1 nitrogen and oxygen atoms in total. The molecule has 0 aliphatic rings. The van der Waals surface area contributed by atoms with Gasteiger partial charge in [-0.05, 0) is 28.8 Å². The number of hydrogen-bond donors (Lipinski definition) is 0. The van der Waals surface area contributed by atoms with Crippen molar-refractivity contribution in [2.75, 3.05) is 7.11 Å². The number of hydrogen-bond acceptors (Lipinski definition) is 2.